The van der Waals surface area contributed by atoms with Gasteiger partial charge in [-0.05, 0) is 45.9 Å². The van der Waals surface area contributed by atoms with E-state index in [4.69, 9.17) is 4.74 Å². The molecule has 2 aliphatic rings. The van der Waals surface area contributed by atoms with Crippen LogP contribution in [0.15, 0.2) is 41.6 Å². The first-order valence-corrected chi connectivity index (χ1v) is 14.4. The van der Waals surface area contributed by atoms with E-state index in [1.165, 1.54) is 24.5 Å². The van der Waals surface area contributed by atoms with Gasteiger partial charge in [0.25, 0.3) is 5.91 Å². The minimum absolute atomic E-state index is 0.0667. The maximum absolute atomic E-state index is 15.8. The predicted molar refractivity (Wildman–Crippen MR) is 159 cm³/mol. The van der Waals surface area contributed by atoms with Gasteiger partial charge in [-0.15, -0.1) is 0 Å². The number of anilines is 3. The number of piperazine rings is 1. The van der Waals surface area contributed by atoms with Crippen molar-refractivity contribution < 1.29 is 27.1 Å². The Morgan fingerprint density at radius 3 is 2.34 bits per heavy atom. The van der Waals surface area contributed by atoms with Crippen LogP contribution in [0, 0.1) is 5.82 Å². The molecule has 0 bridgehead atoms. The number of carbonyl (C=O) groups is 1. The molecule has 4 heterocycles. The number of nitrogens with one attached hydrogen (secondary N) is 2. The molecule has 2 aliphatic heterocycles. The zero-order valence-corrected chi connectivity index (χ0v) is 24.9. The van der Waals surface area contributed by atoms with E-state index in [-0.39, 0.29) is 29.4 Å². The smallest absolute Gasteiger partial charge is 0.381 e. The van der Waals surface area contributed by atoms with Gasteiger partial charge in [-0.1, -0.05) is 0 Å². The second-order valence-electron chi connectivity index (χ2n) is 11.4. The number of pyridine rings is 1. The summed E-state index contributed by atoms with van der Waals surface area (Å²) in [5.41, 5.74) is -2.31. The number of amides is 1. The van der Waals surface area contributed by atoms with Crippen LogP contribution in [-0.4, -0.2) is 84.3 Å². The summed E-state index contributed by atoms with van der Waals surface area (Å²) in [6, 6.07) is 3.36. The maximum Gasteiger partial charge on any atom is 0.417 e. The van der Waals surface area contributed by atoms with Crippen molar-refractivity contribution in [2.24, 2.45) is 0 Å². The monoisotopic (exact) mass is 617 g/mol. The summed E-state index contributed by atoms with van der Waals surface area (Å²) in [7, 11) is 3.87. The van der Waals surface area contributed by atoms with Crippen LogP contribution in [-0.2, 0) is 10.9 Å². The second kappa shape index (κ2) is 12.5. The fraction of sp³-hybridized carbons (Fsp3) is 0.467. The molecule has 10 nitrogen and oxygen atoms in total. The molecule has 1 amide bonds. The van der Waals surface area contributed by atoms with Crippen molar-refractivity contribution in [2.45, 2.75) is 51.0 Å². The van der Waals surface area contributed by atoms with Crippen molar-refractivity contribution in [3.63, 3.8) is 0 Å². The topological polar surface area (TPSA) is 107 Å². The van der Waals surface area contributed by atoms with Gasteiger partial charge < -0.3 is 24.8 Å². The van der Waals surface area contributed by atoms with Crippen molar-refractivity contribution >= 4 is 23.2 Å². The van der Waals surface area contributed by atoms with E-state index in [1.807, 2.05) is 37.7 Å². The average Bonchev–Trinajstić information content (AvgIpc) is 3.00. The zero-order chi connectivity index (χ0) is 31.8. The predicted octanol–water partition coefficient (Wildman–Crippen LogP) is 4.39. The van der Waals surface area contributed by atoms with Gasteiger partial charge in [-0.2, -0.15) is 13.2 Å². The summed E-state index contributed by atoms with van der Waals surface area (Å²) >= 11 is 0. The summed E-state index contributed by atoms with van der Waals surface area (Å²) in [6.45, 7) is 6.30. The van der Waals surface area contributed by atoms with Crippen molar-refractivity contribution in [1.29, 1.82) is 0 Å². The van der Waals surface area contributed by atoms with Gasteiger partial charge in [0.2, 0.25) is 11.5 Å². The standard InChI is InChI=1S/C30H35F4N7O3/c1-17-15-41(16-18(2)39(17)3)26-11-24(31)21(19-12-36-29(37-13-19)40(4)20-5-7-44-8-6-20)9-25(26)38-28(43)22-14-35-27(42)10-23(22)30(32,33)34/h9-14,17-18,20H,5-8,15-16H2,1-4H3,(H,35,42)(H,38,43)/t17-,18?/m0/s1. The van der Waals surface area contributed by atoms with E-state index in [0.717, 1.165) is 19.0 Å². The Bertz CT molecular complexity index is 1550. The van der Waals surface area contributed by atoms with Crippen LogP contribution in [0.1, 0.15) is 42.6 Å². The van der Waals surface area contributed by atoms with E-state index in [2.05, 4.69) is 25.2 Å². The summed E-state index contributed by atoms with van der Waals surface area (Å²) in [6.07, 6.45) is 0.394. The van der Waals surface area contributed by atoms with Crippen LogP contribution in [0.5, 0.6) is 0 Å². The van der Waals surface area contributed by atoms with Crippen molar-refractivity contribution in [3.8, 4) is 11.1 Å². The number of H-pyrrole nitrogens is 1. The second-order valence-corrected chi connectivity index (χ2v) is 11.4. The number of rotatable bonds is 6. The van der Waals surface area contributed by atoms with E-state index in [0.29, 0.717) is 49.6 Å². The normalized spacial score (nSPS) is 20.0. The molecule has 2 saturated heterocycles. The van der Waals surface area contributed by atoms with Crippen molar-refractivity contribution in [1.82, 2.24) is 19.9 Å². The Labute approximate surface area is 252 Å². The zero-order valence-electron chi connectivity index (χ0n) is 24.9. The van der Waals surface area contributed by atoms with Crippen molar-refractivity contribution in [2.75, 3.05) is 55.5 Å². The summed E-state index contributed by atoms with van der Waals surface area (Å²) in [5.74, 6) is -1.25. The Kier molecular flexibility index (Phi) is 8.93. The number of hydrogen-bond acceptors (Lipinski definition) is 8. The number of alkyl halides is 3. The minimum Gasteiger partial charge on any atom is -0.381 e. The highest BCUT2D eigenvalue weighted by Gasteiger charge is 2.36. The number of hydrogen-bond donors (Lipinski definition) is 2. The number of likely N-dealkylation sites (N-methyl/N-ethyl adjacent to an activating group) is 1. The largest absolute Gasteiger partial charge is 0.417 e. The lowest BCUT2D eigenvalue weighted by atomic mass is 10.0. The Morgan fingerprint density at radius 2 is 1.73 bits per heavy atom. The minimum atomic E-state index is -4.95. The third-order valence-corrected chi connectivity index (χ3v) is 8.51. The number of benzene rings is 1. The molecule has 0 saturated carbocycles. The lowest BCUT2D eigenvalue weighted by molar-refractivity contribution is -0.138. The molecule has 0 radical (unpaired) electrons. The van der Waals surface area contributed by atoms with Gasteiger partial charge in [0.15, 0.2) is 0 Å². The van der Waals surface area contributed by atoms with Crippen molar-refractivity contribution in [3.05, 3.63) is 64.1 Å². The molecule has 1 aromatic carbocycles. The molecule has 0 spiro atoms. The Hall–Kier alpha value is -4.04. The van der Waals surface area contributed by atoms with Crippen LogP contribution in [0.2, 0.25) is 0 Å². The highest BCUT2D eigenvalue weighted by Crippen LogP contribution is 2.37. The molecule has 3 aromatic rings. The molecule has 0 aliphatic carbocycles. The molecule has 2 atom stereocenters. The first kappa shape index (κ1) is 31.4. The number of aromatic nitrogens is 3. The van der Waals surface area contributed by atoms with Crippen LogP contribution in [0.25, 0.3) is 11.1 Å². The third-order valence-electron chi connectivity index (χ3n) is 8.51. The van der Waals surface area contributed by atoms with Gasteiger partial charge >= 0.3 is 6.18 Å². The van der Waals surface area contributed by atoms with Crippen LogP contribution < -0.4 is 20.7 Å². The first-order valence-electron chi connectivity index (χ1n) is 14.4. The maximum atomic E-state index is 15.8. The summed E-state index contributed by atoms with van der Waals surface area (Å²) in [5, 5.41) is 2.56. The summed E-state index contributed by atoms with van der Waals surface area (Å²) < 4.78 is 62.5. The molecule has 236 valence electrons. The fourth-order valence-electron chi connectivity index (χ4n) is 5.71. The fourth-order valence-corrected chi connectivity index (χ4v) is 5.71. The van der Waals surface area contributed by atoms with E-state index in [9.17, 15) is 22.8 Å². The van der Waals surface area contributed by atoms with E-state index < -0.39 is 34.6 Å². The quantitative estimate of drug-likeness (QED) is 0.393. The van der Waals surface area contributed by atoms with E-state index >= 15 is 4.39 Å². The number of carbonyl (C=O) groups excluding carboxylic acids is 1. The highest BCUT2D eigenvalue weighted by molar-refractivity contribution is 6.07. The molecular formula is C30H35F4N7O3. The molecule has 5 rings (SSSR count). The Balaban J connectivity index is 1.53. The van der Waals surface area contributed by atoms with E-state index in [1.54, 1.807) is 0 Å². The average molecular weight is 618 g/mol. The van der Waals surface area contributed by atoms with Crippen LogP contribution >= 0.6 is 0 Å². The number of ether oxygens (including phenoxy) is 1. The third kappa shape index (κ3) is 6.55. The highest BCUT2D eigenvalue weighted by atomic mass is 19.4. The van der Waals surface area contributed by atoms with Crippen LogP contribution in [0.4, 0.5) is 34.9 Å². The molecule has 1 unspecified atom stereocenters. The molecule has 2 N–H and O–H groups in total. The van der Waals surface area contributed by atoms with Gasteiger partial charge in [0.05, 0.1) is 22.5 Å². The van der Waals surface area contributed by atoms with Gasteiger partial charge in [-0.25, -0.2) is 14.4 Å². The summed E-state index contributed by atoms with van der Waals surface area (Å²) in [4.78, 5) is 42.0. The van der Waals surface area contributed by atoms with Gasteiger partial charge in [-0.3, -0.25) is 14.5 Å². The first-order chi connectivity index (χ1) is 20.8. The number of nitrogens with zero attached hydrogens (tertiary/aromatic N) is 5. The number of aromatic amines is 1. The molecule has 44 heavy (non-hydrogen) atoms. The van der Waals surface area contributed by atoms with Gasteiger partial charge in [0, 0.05) is 87.3 Å². The lowest BCUT2D eigenvalue weighted by Crippen LogP contribution is -2.55. The van der Waals surface area contributed by atoms with Gasteiger partial charge in [0.1, 0.15) is 5.82 Å². The number of halogens is 4. The Morgan fingerprint density at radius 1 is 1.09 bits per heavy atom. The molecule has 2 aromatic heterocycles. The van der Waals surface area contributed by atoms with Crippen LogP contribution in [0.3, 0.4) is 0 Å². The SMILES string of the molecule is CC1CN(c2cc(F)c(-c3cnc(N(C)C4CCOCC4)nc3)cc2NC(=O)c2c[nH]c(=O)cc2C(F)(F)F)C[C@H](C)N1C. The molecular weight excluding hydrogens is 582 g/mol. The lowest BCUT2D eigenvalue weighted by Gasteiger charge is -2.44. The molecule has 2 fully saturated rings. The molecule has 14 heteroatoms.